The Kier molecular flexibility index (Phi) is 4.67. The highest BCUT2D eigenvalue weighted by Gasteiger charge is 2.30. The van der Waals surface area contributed by atoms with Gasteiger partial charge in [-0.2, -0.15) is 16.9 Å². The van der Waals surface area contributed by atoms with E-state index in [-0.39, 0.29) is 18.4 Å². The van der Waals surface area contributed by atoms with Gasteiger partial charge in [0.2, 0.25) is 0 Å². The molecule has 0 radical (unpaired) electrons. The Balaban J connectivity index is 1.79. The third-order valence-electron chi connectivity index (χ3n) is 3.57. The molecule has 9 heteroatoms. The van der Waals surface area contributed by atoms with Crippen LogP contribution in [0.15, 0.2) is 17.8 Å². The van der Waals surface area contributed by atoms with E-state index in [1.54, 1.807) is 32.9 Å². The summed E-state index contributed by atoms with van der Waals surface area (Å²) in [6, 6.07) is -0.276. The van der Waals surface area contributed by atoms with Gasteiger partial charge in [-0.05, 0) is 0 Å². The van der Waals surface area contributed by atoms with Crippen molar-refractivity contribution < 1.29 is 14.7 Å². The lowest BCUT2D eigenvalue weighted by Gasteiger charge is -2.34. The molecule has 1 saturated heterocycles. The van der Waals surface area contributed by atoms with Crippen LogP contribution in [0.4, 0.5) is 0 Å². The van der Waals surface area contributed by atoms with Crippen LogP contribution in [-0.2, 0) is 11.8 Å². The molecule has 2 aromatic rings. The average Bonchev–Trinajstić information content (AvgIpc) is 3.15. The molecule has 23 heavy (non-hydrogen) atoms. The molecule has 0 spiro atoms. The molecule has 1 N–H and O–H groups in total. The molecule has 1 aliphatic heterocycles. The fraction of sp³-hybridized carbons (Fsp3) is 0.429. The molecule has 1 unspecified atom stereocenters. The number of carboxylic acid groups (broad SMARTS) is 1. The van der Waals surface area contributed by atoms with Crippen molar-refractivity contribution in [3.05, 3.63) is 23.5 Å². The van der Waals surface area contributed by atoms with Gasteiger partial charge in [0.1, 0.15) is 10.7 Å². The summed E-state index contributed by atoms with van der Waals surface area (Å²) in [6.07, 6.45) is 3.52. The van der Waals surface area contributed by atoms with Crippen molar-refractivity contribution in [1.82, 2.24) is 19.7 Å². The number of carboxylic acids is 1. The molecule has 1 amide bonds. The van der Waals surface area contributed by atoms with Crippen LogP contribution in [0.25, 0.3) is 10.6 Å². The molecular weight excluding hydrogens is 336 g/mol. The van der Waals surface area contributed by atoms with Crippen LogP contribution in [-0.4, -0.2) is 60.7 Å². The first kappa shape index (κ1) is 16.0. The van der Waals surface area contributed by atoms with Gasteiger partial charge in [-0.25, -0.2) is 4.98 Å². The number of nitrogens with zero attached hydrogens (tertiary/aromatic N) is 4. The maximum absolute atomic E-state index is 12.7. The molecule has 2 aromatic heterocycles. The predicted molar refractivity (Wildman–Crippen MR) is 88.7 cm³/mol. The topological polar surface area (TPSA) is 88.3 Å². The number of hydrogen-bond acceptors (Lipinski definition) is 6. The van der Waals surface area contributed by atoms with Gasteiger partial charge in [0, 0.05) is 42.2 Å². The summed E-state index contributed by atoms with van der Waals surface area (Å²) in [5.41, 5.74) is 1.24. The molecular formula is C14H16N4O3S2. The minimum Gasteiger partial charge on any atom is -0.481 e. The van der Waals surface area contributed by atoms with Crippen molar-refractivity contribution in [1.29, 1.82) is 0 Å². The van der Waals surface area contributed by atoms with Gasteiger partial charge in [-0.3, -0.25) is 14.3 Å². The van der Waals surface area contributed by atoms with Crippen molar-refractivity contribution in [3.8, 4) is 10.6 Å². The Morgan fingerprint density at radius 3 is 3.00 bits per heavy atom. The number of carbonyl (C=O) groups excluding carboxylic acids is 1. The lowest BCUT2D eigenvalue weighted by Crippen LogP contribution is -2.47. The van der Waals surface area contributed by atoms with Gasteiger partial charge in [-0.15, -0.1) is 11.3 Å². The zero-order valence-electron chi connectivity index (χ0n) is 12.5. The normalized spacial score (nSPS) is 18.1. The van der Waals surface area contributed by atoms with E-state index < -0.39 is 5.97 Å². The third kappa shape index (κ3) is 3.56. The highest BCUT2D eigenvalue weighted by Crippen LogP contribution is 2.26. The zero-order valence-corrected chi connectivity index (χ0v) is 14.1. The fourth-order valence-corrected chi connectivity index (χ4v) is 4.31. The molecule has 3 heterocycles. The van der Waals surface area contributed by atoms with Gasteiger partial charge >= 0.3 is 5.97 Å². The number of hydrogen-bond donors (Lipinski definition) is 1. The number of carbonyl (C=O) groups is 2. The molecule has 1 fully saturated rings. The molecule has 7 nitrogen and oxygen atoms in total. The Labute approximate surface area is 141 Å². The summed E-state index contributed by atoms with van der Waals surface area (Å²) in [5, 5.41) is 15.6. The Hall–Kier alpha value is -1.87. The number of aromatic nitrogens is 3. The Morgan fingerprint density at radius 1 is 1.48 bits per heavy atom. The van der Waals surface area contributed by atoms with E-state index >= 15 is 0 Å². The van der Waals surface area contributed by atoms with E-state index in [0.29, 0.717) is 18.0 Å². The summed E-state index contributed by atoms with van der Waals surface area (Å²) < 4.78 is 1.68. The van der Waals surface area contributed by atoms with Crippen LogP contribution in [0.3, 0.4) is 0 Å². The van der Waals surface area contributed by atoms with E-state index in [2.05, 4.69) is 10.1 Å². The minimum atomic E-state index is -0.885. The summed E-state index contributed by atoms with van der Waals surface area (Å²) in [5.74, 6) is 0.395. The molecule has 122 valence electrons. The highest BCUT2D eigenvalue weighted by atomic mass is 32.2. The van der Waals surface area contributed by atoms with E-state index in [1.807, 2.05) is 13.2 Å². The van der Waals surface area contributed by atoms with Crippen molar-refractivity contribution in [2.45, 2.75) is 12.5 Å². The highest BCUT2D eigenvalue weighted by molar-refractivity contribution is 7.99. The summed E-state index contributed by atoms with van der Waals surface area (Å²) in [4.78, 5) is 29.7. The summed E-state index contributed by atoms with van der Waals surface area (Å²) in [6.45, 7) is 0.557. The maximum Gasteiger partial charge on any atom is 0.305 e. The molecule has 1 atom stereocenters. The number of thiazole rings is 1. The van der Waals surface area contributed by atoms with Crippen molar-refractivity contribution in [2.75, 3.05) is 18.1 Å². The number of thioether (sulfide) groups is 1. The second kappa shape index (κ2) is 6.71. The Bertz CT molecular complexity index is 727. The van der Waals surface area contributed by atoms with Crippen molar-refractivity contribution >= 4 is 35.0 Å². The number of aliphatic carboxylic acids is 1. The lowest BCUT2D eigenvalue weighted by atomic mass is 10.2. The molecule has 0 saturated carbocycles. The minimum absolute atomic E-state index is 0.0294. The van der Waals surface area contributed by atoms with Crippen LogP contribution in [0, 0.1) is 0 Å². The van der Waals surface area contributed by atoms with Gasteiger partial charge in [0.15, 0.2) is 0 Å². The van der Waals surface area contributed by atoms with Crippen LogP contribution < -0.4 is 0 Å². The maximum atomic E-state index is 12.7. The first-order valence-electron chi connectivity index (χ1n) is 7.09. The SMILES string of the molecule is Cn1cc(-c2nc(C(=O)N3CCSCC3CC(=O)O)cs2)cn1. The zero-order chi connectivity index (χ0) is 16.4. The van der Waals surface area contributed by atoms with E-state index in [1.165, 1.54) is 11.3 Å². The van der Waals surface area contributed by atoms with E-state index in [4.69, 9.17) is 5.11 Å². The summed E-state index contributed by atoms with van der Waals surface area (Å²) >= 11 is 3.07. The average molecular weight is 352 g/mol. The van der Waals surface area contributed by atoms with Gasteiger partial charge in [0.05, 0.1) is 18.7 Å². The molecule has 0 bridgehead atoms. The second-order valence-corrected chi connectivity index (χ2v) is 7.27. The standard InChI is InChI=1S/C14H16N4O3S2/c1-17-6-9(5-15-17)13-16-11(8-23-13)14(21)18-2-3-22-7-10(18)4-12(19)20/h5-6,8,10H,2-4,7H2,1H3,(H,19,20). The van der Waals surface area contributed by atoms with Gasteiger partial charge in [0.25, 0.3) is 5.91 Å². The molecule has 0 aliphatic carbocycles. The number of rotatable bonds is 4. The first-order chi connectivity index (χ1) is 11.0. The van der Waals surface area contributed by atoms with Crippen LogP contribution >= 0.6 is 23.1 Å². The van der Waals surface area contributed by atoms with E-state index in [9.17, 15) is 9.59 Å². The molecule has 1 aliphatic rings. The first-order valence-corrected chi connectivity index (χ1v) is 9.13. The predicted octanol–water partition coefficient (Wildman–Crippen LogP) is 1.58. The fourth-order valence-electron chi connectivity index (χ4n) is 2.48. The smallest absolute Gasteiger partial charge is 0.305 e. The number of aryl methyl sites for hydroxylation is 1. The monoisotopic (exact) mass is 352 g/mol. The van der Waals surface area contributed by atoms with Gasteiger partial charge < -0.3 is 10.0 Å². The molecule has 3 rings (SSSR count). The summed E-state index contributed by atoms with van der Waals surface area (Å²) in [7, 11) is 1.82. The second-order valence-electron chi connectivity index (χ2n) is 5.27. The van der Waals surface area contributed by atoms with Crippen LogP contribution in [0.2, 0.25) is 0 Å². The molecule has 0 aromatic carbocycles. The van der Waals surface area contributed by atoms with E-state index in [0.717, 1.165) is 16.3 Å². The largest absolute Gasteiger partial charge is 0.481 e. The van der Waals surface area contributed by atoms with Crippen molar-refractivity contribution in [2.24, 2.45) is 7.05 Å². The van der Waals surface area contributed by atoms with Crippen molar-refractivity contribution in [3.63, 3.8) is 0 Å². The number of amides is 1. The third-order valence-corrected chi connectivity index (χ3v) is 5.56. The van der Waals surface area contributed by atoms with Crippen LogP contribution in [0.1, 0.15) is 16.9 Å². The Morgan fingerprint density at radius 2 is 2.30 bits per heavy atom. The van der Waals surface area contributed by atoms with Crippen LogP contribution in [0.5, 0.6) is 0 Å². The lowest BCUT2D eigenvalue weighted by molar-refractivity contribution is -0.138. The van der Waals surface area contributed by atoms with Gasteiger partial charge in [-0.1, -0.05) is 0 Å². The quantitative estimate of drug-likeness (QED) is 0.899.